The third kappa shape index (κ3) is 3.56. The number of sulfonamides is 1. The van der Waals surface area contributed by atoms with Gasteiger partial charge in [-0.1, -0.05) is 12.1 Å². The Morgan fingerprint density at radius 1 is 1.26 bits per heavy atom. The average Bonchev–Trinajstić information content (AvgIpc) is 3.19. The zero-order valence-corrected chi connectivity index (χ0v) is 13.0. The standard InChI is InChI=1S/C13H18BrNO3S/c14-12-5-1-2-6-13(12)19(17,18)15(11-7-8-11)9-3-4-10-16/h1-2,5-6,11,16H,3-4,7-10H2. The van der Waals surface area contributed by atoms with Crippen molar-refractivity contribution in [1.29, 1.82) is 0 Å². The van der Waals surface area contributed by atoms with Gasteiger partial charge in [0.05, 0.1) is 4.90 Å². The molecular formula is C13H18BrNO3S. The van der Waals surface area contributed by atoms with Gasteiger partial charge in [0, 0.05) is 23.7 Å². The van der Waals surface area contributed by atoms with Gasteiger partial charge in [-0.25, -0.2) is 8.42 Å². The molecule has 0 heterocycles. The van der Waals surface area contributed by atoms with Gasteiger partial charge in [0.1, 0.15) is 0 Å². The highest BCUT2D eigenvalue weighted by Gasteiger charge is 2.38. The normalized spacial score (nSPS) is 15.9. The van der Waals surface area contributed by atoms with Crippen molar-refractivity contribution >= 4 is 26.0 Å². The lowest BCUT2D eigenvalue weighted by Crippen LogP contribution is -2.34. The fourth-order valence-corrected chi connectivity index (χ4v) is 4.71. The number of nitrogens with zero attached hydrogens (tertiary/aromatic N) is 1. The molecule has 1 saturated carbocycles. The highest BCUT2D eigenvalue weighted by Crippen LogP contribution is 2.34. The quantitative estimate of drug-likeness (QED) is 0.770. The van der Waals surface area contributed by atoms with Gasteiger partial charge in [0.15, 0.2) is 0 Å². The molecule has 0 spiro atoms. The SMILES string of the molecule is O=S(=O)(c1ccccc1Br)N(CCCCO)C1CC1. The number of benzene rings is 1. The molecule has 6 heteroatoms. The molecule has 1 aliphatic carbocycles. The Balaban J connectivity index is 2.22. The number of hydrogen-bond acceptors (Lipinski definition) is 3. The molecule has 0 atom stereocenters. The van der Waals surface area contributed by atoms with Gasteiger partial charge < -0.3 is 5.11 Å². The lowest BCUT2D eigenvalue weighted by atomic mass is 10.3. The van der Waals surface area contributed by atoms with Crippen molar-refractivity contribution in [3.63, 3.8) is 0 Å². The van der Waals surface area contributed by atoms with Crippen molar-refractivity contribution in [2.24, 2.45) is 0 Å². The van der Waals surface area contributed by atoms with E-state index in [-0.39, 0.29) is 12.6 Å². The molecule has 0 amide bonds. The number of aliphatic hydroxyl groups excluding tert-OH is 1. The summed E-state index contributed by atoms with van der Waals surface area (Å²) in [5.41, 5.74) is 0. The maximum Gasteiger partial charge on any atom is 0.244 e. The van der Waals surface area contributed by atoms with Crippen molar-refractivity contribution < 1.29 is 13.5 Å². The van der Waals surface area contributed by atoms with Gasteiger partial charge in [-0.2, -0.15) is 4.31 Å². The summed E-state index contributed by atoms with van der Waals surface area (Å²) in [4.78, 5) is 0.325. The molecule has 0 aromatic heterocycles. The molecule has 106 valence electrons. The monoisotopic (exact) mass is 347 g/mol. The smallest absolute Gasteiger partial charge is 0.244 e. The molecule has 1 fully saturated rings. The van der Waals surface area contributed by atoms with Crippen LogP contribution in [0.3, 0.4) is 0 Å². The molecular weight excluding hydrogens is 330 g/mol. The minimum absolute atomic E-state index is 0.105. The molecule has 1 aliphatic rings. The molecule has 19 heavy (non-hydrogen) atoms. The largest absolute Gasteiger partial charge is 0.396 e. The molecule has 1 aromatic rings. The summed E-state index contributed by atoms with van der Waals surface area (Å²) in [6, 6.07) is 7.04. The Morgan fingerprint density at radius 2 is 1.95 bits per heavy atom. The van der Waals surface area contributed by atoms with Crippen LogP contribution in [0.1, 0.15) is 25.7 Å². The second-order valence-electron chi connectivity index (χ2n) is 4.71. The molecule has 4 nitrogen and oxygen atoms in total. The average molecular weight is 348 g/mol. The van der Waals surface area contributed by atoms with Crippen LogP contribution in [0.4, 0.5) is 0 Å². The number of hydrogen-bond donors (Lipinski definition) is 1. The summed E-state index contributed by atoms with van der Waals surface area (Å²) in [5, 5.41) is 8.82. The Morgan fingerprint density at radius 3 is 2.53 bits per heavy atom. The van der Waals surface area contributed by atoms with E-state index in [9.17, 15) is 8.42 Å². The lowest BCUT2D eigenvalue weighted by Gasteiger charge is -2.22. The highest BCUT2D eigenvalue weighted by molar-refractivity contribution is 9.10. The second kappa shape index (κ2) is 6.35. The van der Waals surface area contributed by atoms with Gasteiger partial charge in [-0.15, -0.1) is 0 Å². The summed E-state index contributed by atoms with van der Waals surface area (Å²) in [5.74, 6) is 0. The van der Waals surface area contributed by atoms with Crippen LogP contribution in [-0.2, 0) is 10.0 Å². The predicted octanol–water partition coefficient (Wildman–Crippen LogP) is 2.37. The molecule has 0 radical (unpaired) electrons. The first kappa shape index (κ1) is 15.0. The predicted molar refractivity (Wildman–Crippen MR) is 77.4 cm³/mol. The van der Waals surface area contributed by atoms with Crippen LogP contribution in [0.25, 0.3) is 0 Å². The first-order chi connectivity index (χ1) is 9.07. The maximum atomic E-state index is 12.7. The minimum Gasteiger partial charge on any atom is -0.396 e. The number of rotatable bonds is 7. The first-order valence-electron chi connectivity index (χ1n) is 6.44. The second-order valence-corrected chi connectivity index (χ2v) is 7.42. The van der Waals surface area contributed by atoms with Gasteiger partial charge in [0.2, 0.25) is 10.0 Å². The van der Waals surface area contributed by atoms with Crippen molar-refractivity contribution in [3.8, 4) is 0 Å². The molecule has 1 N–H and O–H groups in total. The van der Waals surface area contributed by atoms with Crippen LogP contribution in [-0.4, -0.2) is 37.0 Å². The van der Waals surface area contributed by atoms with E-state index in [0.717, 1.165) is 12.8 Å². The van der Waals surface area contributed by atoms with Crippen LogP contribution < -0.4 is 0 Å². The van der Waals surface area contributed by atoms with Crippen molar-refractivity contribution in [2.75, 3.05) is 13.2 Å². The van der Waals surface area contributed by atoms with Gasteiger partial charge in [-0.3, -0.25) is 0 Å². The van der Waals surface area contributed by atoms with Crippen LogP contribution in [0.5, 0.6) is 0 Å². The minimum atomic E-state index is -3.44. The van der Waals surface area contributed by atoms with Gasteiger partial charge >= 0.3 is 0 Å². The molecule has 0 unspecified atom stereocenters. The number of halogens is 1. The third-order valence-corrected chi connectivity index (χ3v) is 6.13. The van der Waals surface area contributed by atoms with Gasteiger partial charge in [0.25, 0.3) is 0 Å². The molecule has 0 saturated heterocycles. The van der Waals surface area contributed by atoms with E-state index in [1.54, 1.807) is 28.6 Å². The van der Waals surface area contributed by atoms with E-state index in [2.05, 4.69) is 15.9 Å². The van der Waals surface area contributed by atoms with E-state index >= 15 is 0 Å². The zero-order chi connectivity index (χ0) is 13.9. The first-order valence-corrected chi connectivity index (χ1v) is 8.68. The molecule has 2 rings (SSSR count). The van der Waals surface area contributed by atoms with E-state index in [4.69, 9.17) is 5.11 Å². The van der Waals surface area contributed by atoms with Crippen LogP contribution in [0, 0.1) is 0 Å². The number of unbranched alkanes of at least 4 members (excludes halogenated alkanes) is 1. The van der Waals surface area contributed by atoms with Crippen molar-refractivity contribution in [2.45, 2.75) is 36.6 Å². The van der Waals surface area contributed by atoms with E-state index < -0.39 is 10.0 Å². The third-order valence-electron chi connectivity index (χ3n) is 3.16. The van der Waals surface area contributed by atoms with Crippen molar-refractivity contribution in [1.82, 2.24) is 4.31 Å². The Hall–Kier alpha value is -0.430. The summed E-state index contributed by atoms with van der Waals surface area (Å²) < 4.78 is 27.5. The lowest BCUT2D eigenvalue weighted by molar-refractivity contribution is 0.275. The fourth-order valence-electron chi connectivity index (χ4n) is 2.02. The maximum absolute atomic E-state index is 12.7. The molecule has 0 bridgehead atoms. The van der Waals surface area contributed by atoms with E-state index in [0.29, 0.717) is 28.8 Å². The fraction of sp³-hybridized carbons (Fsp3) is 0.538. The number of aliphatic hydroxyl groups is 1. The Bertz CT molecular complexity index is 528. The molecule has 1 aromatic carbocycles. The summed E-state index contributed by atoms with van der Waals surface area (Å²) >= 11 is 3.31. The van der Waals surface area contributed by atoms with E-state index in [1.807, 2.05) is 0 Å². The van der Waals surface area contributed by atoms with Gasteiger partial charge in [-0.05, 0) is 53.7 Å². The summed E-state index contributed by atoms with van der Waals surface area (Å²) in [6.07, 6.45) is 3.19. The van der Waals surface area contributed by atoms with Crippen molar-refractivity contribution in [3.05, 3.63) is 28.7 Å². The van der Waals surface area contributed by atoms with Crippen LogP contribution in [0.15, 0.2) is 33.6 Å². The summed E-state index contributed by atoms with van der Waals surface area (Å²) in [7, 11) is -3.44. The van der Waals surface area contributed by atoms with E-state index in [1.165, 1.54) is 0 Å². The Kier molecular flexibility index (Phi) is 5.00. The van der Waals surface area contributed by atoms with Crippen LogP contribution >= 0.6 is 15.9 Å². The summed E-state index contributed by atoms with van der Waals surface area (Å²) in [6.45, 7) is 0.586. The Labute approximate surface area is 122 Å². The topological polar surface area (TPSA) is 57.6 Å². The highest BCUT2D eigenvalue weighted by atomic mass is 79.9. The molecule has 0 aliphatic heterocycles. The van der Waals surface area contributed by atoms with Crippen LogP contribution in [0.2, 0.25) is 0 Å². The zero-order valence-electron chi connectivity index (χ0n) is 10.6.